The Morgan fingerprint density at radius 2 is 1.67 bits per heavy atom. The van der Waals surface area contributed by atoms with E-state index in [1.807, 2.05) is 0 Å². The molecule has 0 aliphatic carbocycles. The van der Waals surface area contributed by atoms with Gasteiger partial charge in [-0.3, -0.25) is 4.99 Å². The van der Waals surface area contributed by atoms with Gasteiger partial charge >= 0.3 is 0 Å². The van der Waals surface area contributed by atoms with E-state index in [0.717, 1.165) is 25.5 Å². The number of ether oxygens (including phenoxy) is 1. The van der Waals surface area contributed by atoms with Crippen molar-refractivity contribution in [2.24, 2.45) is 4.99 Å². The van der Waals surface area contributed by atoms with Crippen molar-refractivity contribution < 1.29 is 17.9 Å². The molecule has 3 nitrogen and oxygen atoms in total. The molecule has 0 spiro atoms. The van der Waals surface area contributed by atoms with Crippen LogP contribution < -0.4 is 9.64 Å². The van der Waals surface area contributed by atoms with Gasteiger partial charge in [0.1, 0.15) is 11.4 Å². The molecule has 4 rings (SSSR count). The zero-order chi connectivity index (χ0) is 16.7. The average molecular weight is 332 g/mol. The van der Waals surface area contributed by atoms with Crippen molar-refractivity contribution in [3.8, 4) is 11.5 Å². The van der Waals surface area contributed by atoms with Crippen LogP contribution in [0.15, 0.2) is 29.3 Å². The van der Waals surface area contributed by atoms with Crippen molar-refractivity contribution in [3.63, 3.8) is 0 Å². The summed E-state index contributed by atoms with van der Waals surface area (Å²) in [6.07, 6.45) is 3.76. The molecule has 124 valence electrons. The molecule has 0 aromatic heterocycles. The van der Waals surface area contributed by atoms with E-state index in [2.05, 4.69) is 4.99 Å². The lowest BCUT2D eigenvalue weighted by Gasteiger charge is -2.30. The molecule has 0 N–H and O–H groups in total. The van der Waals surface area contributed by atoms with E-state index >= 15 is 4.39 Å². The Hall–Kier alpha value is -2.50. The highest BCUT2D eigenvalue weighted by atomic mass is 19.2. The highest BCUT2D eigenvalue weighted by molar-refractivity contribution is 5.89. The minimum absolute atomic E-state index is 0.304. The van der Waals surface area contributed by atoms with Gasteiger partial charge < -0.3 is 9.64 Å². The molecule has 2 aromatic carbocycles. The van der Waals surface area contributed by atoms with Gasteiger partial charge in [-0.05, 0) is 31.4 Å². The molecule has 1 saturated heterocycles. The van der Waals surface area contributed by atoms with Crippen LogP contribution in [0.2, 0.25) is 0 Å². The largest absolute Gasteiger partial charge is 0.451 e. The second-order valence-electron chi connectivity index (χ2n) is 5.91. The van der Waals surface area contributed by atoms with Gasteiger partial charge in [0.2, 0.25) is 0 Å². The number of rotatable bonds is 1. The normalized spacial score (nSPS) is 16.2. The van der Waals surface area contributed by atoms with Gasteiger partial charge in [-0.2, -0.15) is 0 Å². The second kappa shape index (κ2) is 5.85. The van der Waals surface area contributed by atoms with Gasteiger partial charge in [-0.25, -0.2) is 13.2 Å². The number of hydrogen-bond acceptors (Lipinski definition) is 3. The van der Waals surface area contributed by atoms with Crippen LogP contribution in [0.5, 0.6) is 11.5 Å². The SMILES string of the molecule is Fc1c(F)c(N2CCCCC2)c(F)c2c1C=Nc1ccccc1O2. The monoisotopic (exact) mass is 332 g/mol. The van der Waals surface area contributed by atoms with E-state index in [1.165, 1.54) is 0 Å². The molecule has 1 fully saturated rings. The zero-order valence-electron chi connectivity index (χ0n) is 12.9. The maximum atomic E-state index is 15.0. The first-order valence-electron chi connectivity index (χ1n) is 7.93. The van der Waals surface area contributed by atoms with E-state index in [1.54, 1.807) is 29.2 Å². The second-order valence-corrected chi connectivity index (χ2v) is 5.91. The van der Waals surface area contributed by atoms with Crippen LogP contribution in [0.1, 0.15) is 24.8 Å². The molecule has 2 heterocycles. The first-order valence-corrected chi connectivity index (χ1v) is 7.93. The fraction of sp³-hybridized carbons (Fsp3) is 0.278. The lowest BCUT2D eigenvalue weighted by molar-refractivity contribution is 0.419. The number of para-hydroxylation sites is 2. The summed E-state index contributed by atoms with van der Waals surface area (Å²) in [7, 11) is 0. The highest BCUT2D eigenvalue weighted by Gasteiger charge is 2.30. The Bertz CT molecular complexity index is 829. The summed E-state index contributed by atoms with van der Waals surface area (Å²) >= 11 is 0. The number of fused-ring (bicyclic) bond motifs is 2. The van der Waals surface area contributed by atoms with Gasteiger partial charge in [-0.15, -0.1) is 0 Å². The number of aliphatic imine (C=N–C) groups is 1. The molecule has 0 bridgehead atoms. The third kappa shape index (κ3) is 2.33. The molecule has 2 aliphatic heterocycles. The van der Waals surface area contributed by atoms with Crippen LogP contribution in [-0.2, 0) is 0 Å². The summed E-state index contributed by atoms with van der Waals surface area (Å²) < 4.78 is 49.7. The molecule has 0 unspecified atom stereocenters. The first kappa shape index (κ1) is 15.1. The molecule has 2 aliphatic rings. The Labute approximate surface area is 137 Å². The summed E-state index contributed by atoms with van der Waals surface area (Å²) in [6, 6.07) is 6.73. The third-order valence-electron chi connectivity index (χ3n) is 4.37. The number of anilines is 1. The fourth-order valence-corrected chi connectivity index (χ4v) is 3.15. The lowest BCUT2D eigenvalue weighted by atomic mass is 10.1. The Morgan fingerprint density at radius 3 is 2.46 bits per heavy atom. The van der Waals surface area contributed by atoms with Crippen LogP contribution in [0, 0.1) is 17.5 Å². The average Bonchev–Trinajstić information content (AvgIpc) is 2.81. The number of hydrogen-bond donors (Lipinski definition) is 0. The van der Waals surface area contributed by atoms with E-state index in [0.29, 0.717) is 24.5 Å². The Balaban J connectivity index is 1.89. The van der Waals surface area contributed by atoms with Crippen LogP contribution in [0.25, 0.3) is 0 Å². The van der Waals surface area contributed by atoms with E-state index in [-0.39, 0.29) is 17.0 Å². The topological polar surface area (TPSA) is 24.8 Å². The van der Waals surface area contributed by atoms with Crippen molar-refractivity contribution >= 4 is 17.6 Å². The highest BCUT2D eigenvalue weighted by Crippen LogP contribution is 2.42. The molecular weight excluding hydrogens is 317 g/mol. The number of nitrogens with zero attached hydrogens (tertiary/aromatic N) is 2. The Kier molecular flexibility index (Phi) is 3.67. The predicted octanol–water partition coefficient (Wildman–Crippen LogP) is 4.95. The van der Waals surface area contributed by atoms with Crippen LogP contribution in [0.4, 0.5) is 24.5 Å². The van der Waals surface area contributed by atoms with Crippen molar-refractivity contribution in [3.05, 3.63) is 47.3 Å². The smallest absolute Gasteiger partial charge is 0.192 e. The number of benzene rings is 2. The summed E-state index contributed by atoms with van der Waals surface area (Å²) in [5.74, 6) is -3.21. The standard InChI is InChI=1S/C18H15F3N2O/c19-14-11-10-22-12-6-2-3-7-13(12)24-18(11)16(21)17(15(14)20)23-8-4-1-5-9-23/h2-3,6-7,10H,1,4-5,8-9H2. The quantitative estimate of drug-likeness (QED) is 0.589. The maximum absolute atomic E-state index is 15.0. The van der Waals surface area contributed by atoms with E-state index in [9.17, 15) is 8.78 Å². The summed E-state index contributed by atoms with van der Waals surface area (Å²) in [6.45, 7) is 0.994. The van der Waals surface area contributed by atoms with Gasteiger partial charge in [-0.1, -0.05) is 12.1 Å². The van der Waals surface area contributed by atoms with Gasteiger partial charge in [0.25, 0.3) is 0 Å². The summed E-state index contributed by atoms with van der Waals surface area (Å²) in [5.41, 5.74) is -0.215. The zero-order valence-corrected chi connectivity index (χ0v) is 12.9. The summed E-state index contributed by atoms with van der Waals surface area (Å²) in [4.78, 5) is 5.63. The van der Waals surface area contributed by atoms with Crippen molar-refractivity contribution in [1.29, 1.82) is 0 Å². The van der Waals surface area contributed by atoms with Crippen molar-refractivity contribution in [2.75, 3.05) is 18.0 Å². The molecule has 0 saturated carbocycles. The molecule has 0 amide bonds. The minimum atomic E-state index is -1.19. The van der Waals surface area contributed by atoms with E-state index in [4.69, 9.17) is 4.74 Å². The predicted molar refractivity (Wildman–Crippen MR) is 86.2 cm³/mol. The van der Waals surface area contributed by atoms with Crippen LogP contribution in [0.3, 0.4) is 0 Å². The number of halogens is 3. The molecule has 6 heteroatoms. The fourth-order valence-electron chi connectivity index (χ4n) is 3.15. The molecule has 0 radical (unpaired) electrons. The van der Waals surface area contributed by atoms with Crippen LogP contribution >= 0.6 is 0 Å². The van der Waals surface area contributed by atoms with Crippen LogP contribution in [-0.4, -0.2) is 19.3 Å². The van der Waals surface area contributed by atoms with Gasteiger partial charge in [0, 0.05) is 19.3 Å². The molecule has 24 heavy (non-hydrogen) atoms. The van der Waals surface area contributed by atoms with E-state index < -0.39 is 17.5 Å². The first-order chi connectivity index (χ1) is 11.7. The molecule has 0 atom stereocenters. The summed E-state index contributed by atoms with van der Waals surface area (Å²) in [5, 5.41) is 0. The minimum Gasteiger partial charge on any atom is -0.451 e. The Morgan fingerprint density at radius 1 is 0.917 bits per heavy atom. The molecular formula is C18H15F3N2O. The number of piperidine rings is 1. The third-order valence-corrected chi connectivity index (χ3v) is 4.37. The van der Waals surface area contributed by atoms with Gasteiger partial charge in [0.15, 0.2) is 29.0 Å². The maximum Gasteiger partial charge on any atom is 0.192 e. The van der Waals surface area contributed by atoms with Crippen molar-refractivity contribution in [2.45, 2.75) is 19.3 Å². The van der Waals surface area contributed by atoms with Crippen molar-refractivity contribution in [1.82, 2.24) is 0 Å². The lowest BCUT2D eigenvalue weighted by Crippen LogP contribution is -2.31. The molecule has 2 aromatic rings. The van der Waals surface area contributed by atoms with Gasteiger partial charge in [0.05, 0.1) is 5.56 Å².